The summed E-state index contributed by atoms with van der Waals surface area (Å²) in [5.41, 5.74) is 0. The first-order chi connectivity index (χ1) is 1.41. The average Bonchev–Trinajstić information content (AvgIpc) is 0.918. The van der Waals surface area contributed by atoms with Crippen LogP contribution in [-0.2, 0) is 36.9 Å². The van der Waals surface area contributed by atoms with Gasteiger partial charge in [0.1, 0.15) is 0 Å². The maximum absolute atomic E-state index is 8.40. The zero-order valence-corrected chi connectivity index (χ0v) is 6.42. The van der Waals surface area contributed by atoms with Crippen molar-refractivity contribution >= 4 is 26.7 Å². The second kappa shape index (κ2) is 71.1. The van der Waals surface area contributed by atoms with Gasteiger partial charge < -0.3 is 11.0 Å². The van der Waals surface area contributed by atoms with Crippen molar-refractivity contribution in [2.75, 3.05) is 0 Å². The fourth-order valence-corrected chi connectivity index (χ4v) is 0. The van der Waals surface area contributed by atoms with Gasteiger partial charge in [-0.2, -0.15) is 0 Å². The summed E-state index contributed by atoms with van der Waals surface area (Å²) in [7, 11) is -1.42. The summed E-state index contributed by atoms with van der Waals surface area (Å²) in [6, 6.07) is 0. The Bertz CT molecular complexity index is 32.7. The van der Waals surface area contributed by atoms with E-state index >= 15 is 0 Å². The Morgan fingerprint density at radius 3 is 1.00 bits per heavy atom. The van der Waals surface area contributed by atoms with Crippen LogP contribution in [0.15, 0.2) is 0 Å². The Labute approximate surface area is 63.8 Å². The summed E-state index contributed by atoms with van der Waals surface area (Å²) in [6.07, 6.45) is 0. The van der Waals surface area contributed by atoms with Gasteiger partial charge in [0.15, 0.2) is 0 Å². The second-order valence-corrected chi connectivity index (χ2v) is 0.250. The molecule has 7 heavy (non-hydrogen) atoms. The Morgan fingerprint density at radius 1 is 1.00 bits per heavy atom. The molecule has 0 fully saturated rings. The van der Waals surface area contributed by atoms with Gasteiger partial charge in [-0.25, -0.2) is 0 Å². The SMILES string of the molecule is O=[Si]=O.[Al+3].[Mn+2].[O-2].[O-2]. The van der Waals surface area contributed by atoms with E-state index in [1.807, 2.05) is 0 Å². The molecule has 0 aliphatic heterocycles. The third-order valence-electron chi connectivity index (χ3n) is 0. The molecular weight excluding hydrogens is 174 g/mol. The summed E-state index contributed by atoms with van der Waals surface area (Å²) in [5.74, 6) is 0. The van der Waals surface area contributed by atoms with Gasteiger partial charge in [0, 0.05) is 0 Å². The molecule has 0 rings (SSSR count). The summed E-state index contributed by atoms with van der Waals surface area (Å²) < 4.78 is 16.8. The molecule has 0 bridgehead atoms. The first-order valence-corrected chi connectivity index (χ1v) is 1.22. The molecule has 0 aliphatic rings. The Balaban J connectivity index is -0.00000000333. The number of hydrogen-bond acceptors (Lipinski definition) is 2. The molecule has 0 N–H and O–H groups in total. The summed E-state index contributed by atoms with van der Waals surface area (Å²) in [6.45, 7) is 0. The molecule has 0 atom stereocenters. The Hall–Kier alpha value is 0.789. The first-order valence-electron chi connectivity index (χ1n) is 0.408. The summed E-state index contributed by atoms with van der Waals surface area (Å²) >= 11 is 0. The molecule has 0 amide bonds. The van der Waals surface area contributed by atoms with E-state index < -0.39 is 9.29 Å². The van der Waals surface area contributed by atoms with E-state index in [1.165, 1.54) is 0 Å². The number of rotatable bonds is 0. The van der Waals surface area contributed by atoms with Gasteiger partial charge in [-0.05, 0) is 0 Å². The van der Waals surface area contributed by atoms with Gasteiger partial charge >= 0.3 is 43.7 Å². The van der Waals surface area contributed by atoms with Crippen LogP contribution >= 0.6 is 0 Å². The quantitative estimate of drug-likeness (QED) is 0.429. The van der Waals surface area contributed by atoms with Crippen molar-refractivity contribution in [2.45, 2.75) is 0 Å². The van der Waals surface area contributed by atoms with Crippen molar-refractivity contribution in [3.63, 3.8) is 0 Å². The van der Waals surface area contributed by atoms with Crippen LogP contribution in [0.5, 0.6) is 0 Å². The van der Waals surface area contributed by atoms with Crippen LogP contribution in [0.2, 0.25) is 0 Å². The van der Waals surface area contributed by atoms with Gasteiger partial charge in [0.25, 0.3) is 0 Å². The van der Waals surface area contributed by atoms with Crippen LogP contribution in [0.25, 0.3) is 0 Å². The largest absolute Gasteiger partial charge is 3.00 e. The third-order valence-corrected chi connectivity index (χ3v) is 0. The fourth-order valence-electron chi connectivity index (χ4n) is 0. The van der Waals surface area contributed by atoms with E-state index in [0.717, 1.165) is 0 Å². The molecule has 7 heteroatoms. The first kappa shape index (κ1) is 46.2. The zero-order valence-electron chi connectivity index (χ0n) is 3.09. The molecule has 0 spiro atoms. The van der Waals surface area contributed by atoms with Crippen molar-refractivity contribution in [1.82, 2.24) is 0 Å². The molecule has 4 nitrogen and oxygen atoms in total. The minimum atomic E-state index is -1.42. The van der Waals surface area contributed by atoms with Gasteiger partial charge in [-0.1, -0.05) is 0 Å². The van der Waals surface area contributed by atoms with Gasteiger partial charge in [0.2, 0.25) is 0 Å². The van der Waals surface area contributed by atoms with Gasteiger partial charge in [0.05, 0.1) is 0 Å². The van der Waals surface area contributed by atoms with Crippen molar-refractivity contribution in [3.05, 3.63) is 0 Å². The van der Waals surface area contributed by atoms with E-state index in [2.05, 4.69) is 0 Å². The topological polar surface area (TPSA) is 91.1 Å². The molecule has 0 saturated carbocycles. The van der Waals surface area contributed by atoms with Crippen LogP contribution in [0, 0.1) is 0 Å². The van der Waals surface area contributed by atoms with Crippen LogP contribution in [0.3, 0.4) is 0 Å². The molecule has 0 aromatic heterocycles. The van der Waals surface area contributed by atoms with Crippen molar-refractivity contribution in [1.29, 1.82) is 0 Å². The van der Waals surface area contributed by atoms with Gasteiger partial charge in [-0.3, -0.25) is 8.92 Å². The average molecular weight is 174 g/mol. The molecule has 1 radical (unpaired) electrons. The van der Waals surface area contributed by atoms with E-state index in [-0.39, 0.29) is 45.4 Å². The van der Waals surface area contributed by atoms with Crippen LogP contribution in [0.4, 0.5) is 0 Å². The fraction of sp³-hybridized carbons (Fsp3) is 0. The van der Waals surface area contributed by atoms with E-state index in [0.29, 0.717) is 0 Å². The summed E-state index contributed by atoms with van der Waals surface area (Å²) in [5, 5.41) is 0. The Morgan fingerprint density at radius 2 is 1.00 bits per heavy atom. The zero-order chi connectivity index (χ0) is 2.71. The number of hydrogen-bond donors (Lipinski definition) is 0. The molecule has 0 aromatic rings. The smallest absolute Gasteiger partial charge is 2.00 e. The van der Waals surface area contributed by atoms with Gasteiger partial charge in [-0.15, -0.1) is 0 Å². The standard InChI is InChI=1S/Al.Mn.O2Si.2O/c;;1-3-2;;/q+3;+2;;2*-2. The van der Waals surface area contributed by atoms with Crippen molar-refractivity contribution in [3.8, 4) is 0 Å². The molecule has 0 unspecified atom stereocenters. The molecule has 0 aromatic carbocycles. The van der Waals surface area contributed by atoms with Crippen LogP contribution < -0.4 is 0 Å². The normalized spacial score (nSPS) is 1.14. The maximum atomic E-state index is 8.40. The predicted molar refractivity (Wildman–Crippen MR) is 14.3 cm³/mol. The molecule has 0 heterocycles. The maximum Gasteiger partial charge on any atom is 3.00 e. The molecular formula is AlMnO4Si+. The molecule has 0 saturated heterocycles. The van der Waals surface area contributed by atoms with Crippen LogP contribution in [0.1, 0.15) is 0 Å². The van der Waals surface area contributed by atoms with Crippen molar-refractivity contribution < 1.29 is 36.9 Å². The third kappa shape index (κ3) is 250. The van der Waals surface area contributed by atoms with E-state index in [4.69, 9.17) is 8.92 Å². The minimum absolute atomic E-state index is 0. The van der Waals surface area contributed by atoms with Crippen molar-refractivity contribution in [2.24, 2.45) is 0 Å². The second-order valence-electron chi connectivity index (χ2n) is 0.0833. The Kier molecular flexibility index (Phi) is 469. The summed E-state index contributed by atoms with van der Waals surface area (Å²) in [4.78, 5) is 0. The predicted octanol–water partition coefficient (Wildman–Crippen LogP) is -1.24. The monoisotopic (exact) mass is 174 g/mol. The minimum Gasteiger partial charge on any atom is -2.00 e. The molecule has 0 aliphatic carbocycles. The van der Waals surface area contributed by atoms with E-state index in [1.54, 1.807) is 0 Å². The molecule has 37 valence electrons. The van der Waals surface area contributed by atoms with E-state index in [9.17, 15) is 0 Å². The van der Waals surface area contributed by atoms with Crippen LogP contribution in [-0.4, -0.2) is 26.7 Å².